The summed E-state index contributed by atoms with van der Waals surface area (Å²) in [5, 5.41) is 11.4. The van der Waals surface area contributed by atoms with E-state index in [0.717, 1.165) is 11.0 Å². The smallest absolute Gasteiger partial charge is 0.328 e. The fourth-order valence-corrected chi connectivity index (χ4v) is 1.75. The first kappa shape index (κ1) is 12.9. The molecule has 0 bridgehead atoms. The molecule has 1 atom stereocenters. The maximum atomic E-state index is 12.9. The van der Waals surface area contributed by atoms with Crippen molar-refractivity contribution in [1.82, 2.24) is 15.2 Å². The number of carbonyl (C=O) groups is 3. The monoisotopic (exact) mass is 267 g/mol. The van der Waals surface area contributed by atoms with Gasteiger partial charge in [-0.3, -0.25) is 9.59 Å². The predicted octanol–water partition coefficient (Wildman–Crippen LogP) is -0.754. The van der Waals surface area contributed by atoms with Gasteiger partial charge in [-0.1, -0.05) is 6.07 Å². The van der Waals surface area contributed by atoms with Crippen LogP contribution in [-0.2, 0) is 9.59 Å². The van der Waals surface area contributed by atoms with Gasteiger partial charge in [-0.2, -0.15) is 4.39 Å². The number of rotatable bonds is 2. The number of halogens is 1. The first-order chi connectivity index (χ1) is 8.99. The van der Waals surface area contributed by atoms with Crippen molar-refractivity contribution >= 4 is 17.8 Å². The number of carboxylic acids is 1. The molecule has 0 spiro atoms. The molecule has 0 radical (unpaired) electrons. The Bertz CT molecular complexity index is 548. The molecule has 1 aromatic heterocycles. The van der Waals surface area contributed by atoms with Crippen molar-refractivity contribution in [2.45, 2.75) is 6.04 Å². The van der Waals surface area contributed by atoms with Crippen LogP contribution in [0.25, 0.3) is 0 Å². The highest BCUT2D eigenvalue weighted by atomic mass is 19.1. The average molecular weight is 267 g/mol. The number of aliphatic carboxylic acids is 1. The van der Waals surface area contributed by atoms with Crippen LogP contribution in [-0.4, -0.2) is 51.9 Å². The highest BCUT2D eigenvalue weighted by Gasteiger charge is 2.36. The minimum Gasteiger partial charge on any atom is -0.480 e. The molecule has 100 valence electrons. The number of hydrogen-bond acceptors (Lipinski definition) is 4. The van der Waals surface area contributed by atoms with Crippen molar-refractivity contribution in [3.05, 3.63) is 29.8 Å². The highest BCUT2D eigenvalue weighted by Crippen LogP contribution is 2.10. The number of piperazine rings is 1. The Labute approximate surface area is 107 Å². The summed E-state index contributed by atoms with van der Waals surface area (Å²) in [6.45, 7) is -0.580. The zero-order valence-corrected chi connectivity index (χ0v) is 9.67. The Morgan fingerprint density at radius 1 is 1.47 bits per heavy atom. The van der Waals surface area contributed by atoms with Gasteiger partial charge >= 0.3 is 5.97 Å². The van der Waals surface area contributed by atoms with Crippen LogP contribution in [0.15, 0.2) is 18.2 Å². The third-order valence-electron chi connectivity index (χ3n) is 2.66. The molecular formula is C11H10FN3O4. The molecule has 0 saturated carbocycles. The number of aromatic nitrogens is 1. The number of nitrogens with zero attached hydrogens (tertiary/aromatic N) is 2. The number of carbonyl (C=O) groups excluding carboxylic acids is 2. The van der Waals surface area contributed by atoms with E-state index in [2.05, 4.69) is 10.3 Å². The van der Waals surface area contributed by atoms with E-state index < -0.39 is 36.3 Å². The predicted molar refractivity (Wildman–Crippen MR) is 59.7 cm³/mol. The van der Waals surface area contributed by atoms with E-state index in [9.17, 15) is 18.8 Å². The zero-order valence-electron chi connectivity index (χ0n) is 9.67. The first-order valence-electron chi connectivity index (χ1n) is 5.42. The molecule has 1 fully saturated rings. The third-order valence-corrected chi connectivity index (χ3v) is 2.66. The summed E-state index contributed by atoms with van der Waals surface area (Å²) >= 11 is 0. The van der Waals surface area contributed by atoms with Crippen molar-refractivity contribution in [2.24, 2.45) is 0 Å². The van der Waals surface area contributed by atoms with Gasteiger partial charge in [0.15, 0.2) is 0 Å². The third kappa shape index (κ3) is 2.67. The first-order valence-corrected chi connectivity index (χ1v) is 5.42. The number of pyridine rings is 1. The minimum atomic E-state index is -1.25. The lowest BCUT2D eigenvalue weighted by atomic mass is 10.1. The van der Waals surface area contributed by atoms with Crippen LogP contribution in [0.3, 0.4) is 0 Å². The van der Waals surface area contributed by atoms with Crippen molar-refractivity contribution < 1.29 is 23.9 Å². The summed E-state index contributed by atoms with van der Waals surface area (Å²) in [4.78, 5) is 38.6. The van der Waals surface area contributed by atoms with E-state index in [1.165, 1.54) is 12.1 Å². The molecule has 8 heteroatoms. The Balaban J connectivity index is 2.28. The van der Waals surface area contributed by atoms with Gasteiger partial charge in [0, 0.05) is 6.54 Å². The summed E-state index contributed by atoms with van der Waals surface area (Å²) in [6.07, 6.45) is 0. The molecule has 1 aliphatic heterocycles. The van der Waals surface area contributed by atoms with Crippen molar-refractivity contribution in [1.29, 1.82) is 0 Å². The number of hydrogen-bond donors (Lipinski definition) is 2. The largest absolute Gasteiger partial charge is 0.480 e. The van der Waals surface area contributed by atoms with Gasteiger partial charge in [-0.15, -0.1) is 0 Å². The van der Waals surface area contributed by atoms with E-state index in [1.807, 2.05) is 0 Å². The standard InChI is InChI=1S/C11H10FN3O4/c12-8-3-1-2-6(14-8)10(17)15-5-9(16)13-4-7(15)11(18)19/h1-3,7H,4-5H2,(H,13,16)(H,18,19). The average Bonchev–Trinajstić information content (AvgIpc) is 2.37. The molecule has 2 heterocycles. The van der Waals surface area contributed by atoms with E-state index in [1.54, 1.807) is 0 Å². The zero-order chi connectivity index (χ0) is 14.0. The summed E-state index contributed by atoms with van der Waals surface area (Å²) < 4.78 is 12.9. The molecule has 2 N–H and O–H groups in total. The second kappa shape index (κ2) is 5.01. The molecule has 0 aromatic carbocycles. The molecule has 1 aliphatic rings. The molecular weight excluding hydrogens is 257 g/mol. The van der Waals surface area contributed by atoms with Gasteiger partial charge in [0.25, 0.3) is 5.91 Å². The van der Waals surface area contributed by atoms with Crippen LogP contribution in [0.5, 0.6) is 0 Å². The van der Waals surface area contributed by atoms with Crippen molar-refractivity contribution in [2.75, 3.05) is 13.1 Å². The molecule has 0 aliphatic carbocycles. The summed E-state index contributed by atoms with van der Waals surface area (Å²) in [7, 11) is 0. The highest BCUT2D eigenvalue weighted by molar-refractivity contribution is 5.98. The molecule has 1 saturated heterocycles. The topological polar surface area (TPSA) is 99.6 Å². The number of carboxylic acid groups (broad SMARTS) is 1. The van der Waals surface area contributed by atoms with Gasteiger partial charge in [-0.25, -0.2) is 9.78 Å². The summed E-state index contributed by atoms with van der Waals surface area (Å²) in [6, 6.07) is 2.43. The Hall–Kier alpha value is -2.51. The van der Waals surface area contributed by atoms with Crippen LogP contribution < -0.4 is 5.32 Å². The SMILES string of the molecule is O=C1CN(C(=O)c2cccc(F)n2)C(C(=O)O)CN1. The lowest BCUT2D eigenvalue weighted by Crippen LogP contribution is -2.59. The van der Waals surface area contributed by atoms with Crippen LogP contribution in [0.4, 0.5) is 4.39 Å². The van der Waals surface area contributed by atoms with Gasteiger partial charge in [-0.05, 0) is 12.1 Å². The molecule has 7 nitrogen and oxygen atoms in total. The fraction of sp³-hybridized carbons (Fsp3) is 0.273. The van der Waals surface area contributed by atoms with E-state index in [-0.39, 0.29) is 12.2 Å². The molecule has 2 rings (SSSR count). The Morgan fingerprint density at radius 3 is 2.84 bits per heavy atom. The molecule has 1 unspecified atom stereocenters. The van der Waals surface area contributed by atoms with Crippen LogP contribution in [0, 0.1) is 5.95 Å². The second-order valence-corrected chi connectivity index (χ2v) is 3.94. The lowest BCUT2D eigenvalue weighted by molar-refractivity contribution is -0.144. The van der Waals surface area contributed by atoms with Crippen LogP contribution in [0.1, 0.15) is 10.5 Å². The molecule has 2 amide bonds. The van der Waals surface area contributed by atoms with Crippen LogP contribution >= 0.6 is 0 Å². The second-order valence-electron chi connectivity index (χ2n) is 3.94. The normalized spacial score (nSPS) is 18.9. The van der Waals surface area contributed by atoms with Crippen LogP contribution in [0.2, 0.25) is 0 Å². The maximum Gasteiger partial charge on any atom is 0.328 e. The molecule has 19 heavy (non-hydrogen) atoms. The van der Waals surface area contributed by atoms with Gasteiger partial charge < -0.3 is 15.3 Å². The van der Waals surface area contributed by atoms with E-state index >= 15 is 0 Å². The van der Waals surface area contributed by atoms with Crippen molar-refractivity contribution in [3.8, 4) is 0 Å². The lowest BCUT2D eigenvalue weighted by Gasteiger charge is -2.32. The summed E-state index contributed by atoms with van der Waals surface area (Å²) in [5.74, 6) is -3.35. The van der Waals surface area contributed by atoms with E-state index in [0.29, 0.717) is 0 Å². The maximum absolute atomic E-state index is 12.9. The quantitative estimate of drug-likeness (QED) is 0.686. The number of amides is 2. The van der Waals surface area contributed by atoms with E-state index in [4.69, 9.17) is 5.11 Å². The number of nitrogens with one attached hydrogen (secondary N) is 1. The Morgan fingerprint density at radius 2 is 2.21 bits per heavy atom. The van der Waals surface area contributed by atoms with Gasteiger partial charge in [0.1, 0.15) is 18.3 Å². The summed E-state index contributed by atoms with van der Waals surface area (Å²) in [5.41, 5.74) is -0.235. The minimum absolute atomic E-state index is 0.185. The van der Waals surface area contributed by atoms with Crippen molar-refractivity contribution in [3.63, 3.8) is 0 Å². The Kier molecular flexibility index (Phi) is 3.41. The fourth-order valence-electron chi connectivity index (χ4n) is 1.75. The molecule has 1 aromatic rings. The van der Waals surface area contributed by atoms with Gasteiger partial charge in [0.2, 0.25) is 11.9 Å². The van der Waals surface area contributed by atoms with Gasteiger partial charge in [0.05, 0.1) is 0 Å².